The van der Waals surface area contributed by atoms with E-state index in [1.54, 1.807) is 0 Å². The monoisotopic (exact) mass is 278 g/mol. The number of nitrogens with two attached hydrogens (primary N) is 1. The Kier molecular flexibility index (Phi) is 7.18. The number of hydrogen-bond acceptors (Lipinski definition) is 3. The van der Waals surface area contributed by atoms with Crippen molar-refractivity contribution in [2.75, 3.05) is 6.54 Å². The standard InChI is InChI=1S/C13H26N2O2.ClH/c1-9(2)7-13(5-4-6-13)8-15-12(17)11(14)10(3)16;/h9-11,16H,4-8,14H2,1-3H3,(H,15,17);1H/t10-,11+;/m1./s1. The second-order valence-electron chi connectivity index (χ2n) is 5.94. The molecule has 0 saturated heterocycles. The highest BCUT2D eigenvalue weighted by Crippen LogP contribution is 2.45. The molecule has 18 heavy (non-hydrogen) atoms. The van der Waals surface area contributed by atoms with Gasteiger partial charge in [0.25, 0.3) is 0 Å². The van der Waals surface area contributed by atoms with Gasteiger partial charge in [-0.2, -0.15) is 0 Å². The van der Waals surface area contributed by atoms with Crippen molar-refractivity contribution in [3.63, 3.8) is 0 Å². The summed E-state index contributed by atoms with van der Waals surface area (Å²) < 4.78 is 0. The highest BCUT2D eigenvalue weighted by atomic mass is 35.5. The normalized spacial score (nSPS) is 20.6. The van der Waals surface area contributed by atoms with Crippen molar-refractivity contribution in [1.82, 2.24) is 5.32 Å². The molecule has 0 spiro atoms. The molecule has 0 aromatic carbocycles. The van der Waals surface area contributed by atoms with Crippen LogP contribution in [0.5, 0.6) is 0 Å². The third-order valence-corrected chi connectivity index (χ3v) is 3.72. The van der Waals surface area contributed by atoms with Gasteiger partial charge in [-0.25, -0.2) is 0 Å². The number of aliphatic hydroxyl groups is 1. The zero-order valence-electron chi connectivity index (χ0n) is 11.6. The lowest BCUT2D eigenvalue weighted by Gasteiger charge is -2.43. The molecule has 4 nitrogen and oxygen atoms in total. The third-order valence-electron chi connectivity index (χ3n) is 3.72. The summed E-state index contributed by atoms with van der Waals surface area (Å²) in [6, 6.07) is -0.814. The SMILES string of the molecule is CC(C)CC1(CNC(=O)[C@@H](N)[C@@H](C)O)CCC1.Cl. The number of rotatable bonds is 6. The third kappa shape index (κ3) is 4.75. The first kappa shape index (κ1) is 17.7. The summed E-state index contributed by atoms with van der Waals surface area (Å²) in [4.78, 5) is 11.7. The van der Waals surface area contributed by atoms with Gasteiger partial charge in [-0.1, -0.05) is 20.3 Å². The minimum Gasteiger partial charge on any atom is -0.391 e. The fraction of sp³-hybridized carbons (Fsp3) is 0.923. The van der Waals surface area contributed by atoms with Crippen molar-refractivity contribution in [3.05, 3.63) is 0 Å². The molecular weight excluding hydrogens is 252 g/mol. The number of nitrogens with one attached hydrogen (secondary N) is 1. The Bertz CT molecular complexity index is 266. The molecule has 1 amide bonds. The average molecular weight is 279 g/mol. The van der Waals surface area contributed by atoms with Crippen molar-refractivity contribution in [2.45, 2.75) is 58.6 Å². The van der Waals surface area contributed by atoms with Crippen molar-refractivity contribution in [3.8, 4) is 0 Å². The van der Waals surface area contributed by atoms with Crippen LogP contribution in [0.3, 0.4) is 0 Å². The van der Waals surface area contributed by atoms with E-state index in [1.165, 1.54) is 26.2 Å². The summed E-state index contributed by atoms with van der Waals surface area (Å²) in [6.07, 6.45) is 3.99. The van der Waals surface area contributed by atoms with Gasteiger partial charge in [-0.15, -0.1) is 12.4 Å². The molecule has 0 radical (unpaired) electrons. The molecule has 5 heteroatoms. The molecule has 108 valence electrons. The molecular formula is C13H27ClN2O2. The molecule has 0 aliphatic heterocycles. The van der Waals surface area contributed by atoms with Gasteiger partial charge in [0.2, 0.25) is 5.91 Å². The lowest BCUT2D eigenvalue weighted by atomic mass is 9.64. The Labute approximate surface area is 116 Å². The molecule has 0 bridgehead atoms. The van der Waals surface area contributed by atoms with Gasteiger partial charge in [0.1, 0.15) is 6.04 Å². The second-order valence-corrected chi connectivity index (χ2v) is 5.94. The first-order chi connectivity index (χ1) is 7.86. The zero-order valence-corrected chi connectivity index (χ0v) is 12.4. The van der Waals surface area contributed by atoms with E-state index in [4.69, 9.17) is 5.73 Å². The van der Waals surface area contributed by atoms with Crippen molar-refractivity contribution >= 4 is 18.3 Å². The Balaban J connectivity index is 0.00000289. The molecule has 1 aliphatic carbocycles. The van der Waals surface area contributed by atoms with Gasteiger partial charge < -0.3 is 16.2 Å². The molecule has 1 saturated carbocycles. The van der Waals surface area contributed by atoms with Crippen LogP contribution in [0, 0.1) is 11.3 Å². The molecule has 0 unspecified atom stereocenters. The second kappa shape index (κ2) is 7.31. The van der Waals surface area contributed by atoms with E-state index < -0.39 is 12.1 Å². The maximum Gasteiger partial charge on any atom is 0.239 e. The van der Waals surface area contributed by atoms with Crippen LogP contribution in [-0.4, -0.2) is 29.7 Å². The van der Waals surface area contributed by atoms with E-state index in [1.807, 2.05) is 0 Å². The number of carbonyl (C=O) groups is 1. The first-order valence-electron chi connectivity index (χ1n) is 6.58. The summed E-state index contributed by atoms with van der Waals surface area (Å²) in [7, 11) is 0. The van der Waals surface area contributed by atoms with Crippen molar-refractivity contribution < 1.29 is 9.90 Å². The molecule has 1 aliphatic rings. The Morgan fingerprint density at radius 3 is 2.28 bits per heavy atom. The average Bonchev–Trinajstić information content (AvgIpc) is 2.19. The molecule has 0 heterocycles. The number of carbonyl (C=O) groups excluding carboxylic acids is 1. The zero-order chi connectivity index (χ0) is 13.1. The lowest BCUT2D eigenvalue weighted by Crippen LogP contribution is -2.51. The molecule has 0 aromatic heterocycles. The fourth-order valence-corrected chi connectivity index (χ4v) is 2.61. The number of hydrogen-bond donors (Lipinski definition) is 3. The highest BCUT2D eigenvalue weighted by Gasteiger charge is 2.37. The van der Waals surface area contributed by atoms with E-state index in [0.717, 1.165) is 6.42 Å². The number of amides is 1. The van der Waals surface area contributed by atoms with Crippen LogP contribution in [-0.2, 0) is 4.79 Å². The topological polar surface area (TPSA) is 75.4 Å². The minimum absolute atomic E-state index is 0. The summed E-state index contributed by atoms with van der Waals surface area (Å²) in [5.41, 5.74) is 5.87. The maximum atomic E-state index is 11.7. The van der Waals surface area contributed by atoms with Crippen LogP contribution >= 0.6 is 12.4 Å². The van der Waals surface area contributed by atoms with Crippen LogP contribution in [0.4, 0.5) is 0 Å². The van der Waals surface area contributed by atoms with E-state index in [2.05, 4.69) is 19.2 Å². The molecule has 1 rings (SSSR count). The van der Waals surface area contributed by atoms with Crippen LogP contribution in [0.2, 0.25) is 0 Å². The Hall–Kier alpha value is -0.320. The van der Waals surface area contributed by atoms with Crippen LogP contribution in [0.15, 0.2) is 0 Å². The minimum atomic E-state index is -0.814. The lowest BCUT2D eigenvalue weighted by molar-refractivity contribution is -0.125. The predicted molar refractivity (Wildman–Crippen MR) is 75.7 cm³/mol. The highest BCUT2D eigenvalue weighted by molar-refractivity contribution is 5.85. The molecule has 2 atom stereocenters. The summed E-state index contributed by atoms with van der Waals surface area (Å²) in [5, 5.41) is 12.1. The summed E-state index contributed by atoms with van der Waals surface area (Å²) >= 11 is 0. The van der Waals surface area contributed by atoms with Crippen LogP contribution in [0.1, 0.15) is 46.5 Å². The summed E-state index contributed by atoms with van der Waals surface area (Å²) in [5.74, 6) is 0.410. The van der Waals surface area contributed by atoms with Gasteiger partial charge in [0.05, 0.1) is 6.10 Å². The predicted octanol–water partition coefficient (Wildman–Crippen LogP) is 1.45. The Morgan fingerprint density at radius 2 is 1.94 bits per heavy atom. The number of aliphatic hydroxyl groups excluding tert-OH is 1. The van der Waals surface area contributed by atoms with Crippen LogP contribution < -0.4 is 11.1 Å². The van der Waals surface area contributed by atoms with Gasteiger partial charge in [-0.05, 0) is 37.5 Å². The van der Waals surface area contributed by atoms with Crippen molar-refractivity contribution in [2.24, 2.45) is 17.1 Å². The van der Waals surface area contributed by atoms with Crippen molar-refractivity contribution in [1.29, 1.82) is 0 Å². The molecule has 4 N–H and O–H groups in total. The largest absolute Gasteiger partial charge is 0.391 e. The fourth-order valence-electron chi connectivity index (χ4n) is 2.61. The van der Waals surface area contributed by atoms with E-state index in [9.17, 15) is 9.90 Å². The van der Waals surface area contributed by atoms with Gasteiger partial charge in [-0.3, -0.25) is 4.79 Å². The molecule has 1 fully saturated rings. The quantitative estimate of drug-likeness (QED) is 0.688. The van der Waals surface area contributed by atoms with Gasteiger partial charge >= 0.3 is 0 Å². The van der Waals surface area contributed by atoms with Gasteiger partial charge in [0.15, 0.2) is 0 Å². The Morgan fingerprint density at radius 1 is 1.39 bits per heavy atom. The number of halogens is 1. The van der Waals surface area contributed by atoms with E-state index in [0.29, 0.717) is 12.5 Å². The van der Waals surface area contributed by atoms with E-state index >= 15 is 0 Å². The first-order valence-corrected chi connectivity index (χ1v) is 6.58. The smallest absolute Gasteiger partial charge is 0.239 e. The maximum absolute atomic E-state index is 11.7. The van der Waals surface area contributed by atoms with E-state index in [-0.39, 0.29) is 23.7 Å². The van der Waals surface area contributed by atoms with Crippen LogP contribution in [0.25, 0.3) is 0 Å². The summed E-state index contributed by atoms with van der Waals surface area (Å²) in [6.45, 7) is 6.66. The van der Waals surface area contributed by atoms with Gasteiger partial charge in [0, 0.05) is 6.54 Å². The molecule has 0 aromatic rings.